The number of hydrogen-bond donors (Lipinski definition) is 2. The number of benzene rings is 1. The molecule has 2 amide bonds. The van der Waals surface area contributed by atoms with Crippen molar-refractivity contribution in [3.05, 3.63) is 23.8 Å². The van der Waals surface area contributed by atoms with Crippen molar-refractivity contribution in [3.63, 3.8) is 0 Å². The van der Waals surface area contributed by atoms with E-state index in [4.69, 9.17) is 9.47 Å². The second-order valence-electron chi connectivity index (χ2n) is 7.34. The molecule has 1 aromatic carbocycles. The number of hydrogen-bond acceptors (Lipinski definition) is 4. The van der Waals surface area contributed by atoms with Gasteiger partial charge >= 0.3 is 6.03 Å². The third-order valence-corrected chi connectivity index (χ3v) is 4.84. The van der Waals surface area contributed by atoms with Crippen LogP contribution in [0.5, 0.6) is 11.5 Å². The summed E-state index contributed by atoms with van der Waals surface area (Å²) in [4.78, 5) is 14.8. The number of carbonyl (C=O) groups is 1. The number of nitrogens with zero attached hydrogens (tertiary/aromatic N) is 1. The molecule has 2 aliphatic rings. The number of piperidine rings is 1. The van der Waals surface area contributed by atoms with Gasteiger partial charge < -0.3 is 25.0 Å². The Hall–Kier alpha value is -1.95. The summed E-state index contributed by atoms with van der Waals surface area (Å²) >= 11 is 0. The molecule has 0 aliphatic carbocycles. The molecule has 1 saturated heterocycles. The van der Waals surface area contributed by atoms with Gasteiger partial charge in [-0.1, -0.05) is 19.9 Å². The van der Waals surface area contributed by atoms with Crippen LogP contribution >= 0.6 is 0 Å². The summed E-state index contributed by atoms with van der Waals surface area (Å²) in [7, 11) is 2.10. The van der Waals surface area contributed by atoms with Gasteiger partial charge in [-0.25, -0.2) is 4.79 Å². The first-order valence-electron chi connectivity index (χ1n) is 9.18. The van der Waals surface area contributed by atoms with Crippen molar-refractivity contribution >= 4 is 6.03 Å². The Morgan fingerprint density at radius 1 is 1.24 bits per heavy atom. The molecule has 6 nitrogen and oxygen atoms in total. The van der Waals surface area contributed by atoms with E-state index in [-0.39, 0.29) is 24.0 Å². The molecule has 1 aromatic rings. The predicted molar refractivity (Wildman–Crippen MR) is 97.2 cm³/mol. The largest absolute Gasteiger partial charge is 0.486 e. The van der Waals surface area contributed by atoms with Crippen LogP contribution in [0.2, 0.25) is 0 Å². The van der Waals surface area contributed by atoms with Gasteiger partial charge in [-0.15, -0.1) is 0 Å². The molecule has 3 rings (SSSR count). The fourth-order valence-corrected chi connectivity index (χ4v) is 3.54. The molecule has 1 fully saturated rings. The van der Waals surface area contributed by atoms with Gasteiger partial charge in [0.05, 0.1) is 6.04 Å². The normalized spacial score (nSPS) is 21.7. The Morgan fingerprint density at radius 2 is 2.00 bits per heavy atom. The highest BCUT2D eigenvalue weighted by atomic mass is 16.6. The summed E-state index contributed by atoms with van der Waals surface area (Å²) in [6.45, 7) is 7.37. The van der Waals surface area contributed by atoms with E-state index in [1.165, 1.54) is 0 Å². The Labute approximate surface area is 149 Å². The van der Waals surface area contributed by atoms with Gasteiger partial charge in [-0.05, 0) is 50.0 Å². The quantitative estimate of drug-likeness (QED) is 0.879. The highest BCUT2D eigenvalue weighted by Gasteiger charge is 2.24. The zero-order valence-electron chi connectivity index (χ0n) is 15.4. The number of likely N-dealkylation sites (tertiary alicyclic amines) is 1. The zero-order valence-corrected chi connectivity index (χ0v) is 15.4. The van der Waals surface area contributed by atoms with Crippen molar-refractivity contribution in [2.75, 3.05) is 33.4 Å². The molecule has 6 heteroatoms. The molecule has 2 atom stereocenters. The van der Waals surface area contributed by atoms with E-state index in [1.54, 1.807) is 0 Å². The van der Waals surface area contributed by atoms with Crippen LogP contribution in [0.25, 0.3) is 0 Å². The smallest absolute Gasteiger partial charge is 0.315 e. The number of likely N-dealkylation sites (N-methyl/N-ethyl adjacent to an activating group) is 1. The first-order chi connectivity index (χ1) is 12.0. The average molecular weight is 347 g/mol. The van der Waals surface area contributed by atoms with Crippen LogP contribution in [0.15, 0.2) is 18.2 Å². The van der Waals surface area contributed by atoms with Crippen molar-refractivity contribution in [3.8, 4) is 11.5 Å². The van der Waals surface area contributed by atoms with Crippen LogP contribution in [0.1, 0.15) is 38.3 Å². The second-order valence-corrected chi connectivity index (χ2v) is 7.34. The van der Waals surface area contributed by atoms with E-state index in [9.17, 15) is 4.79 Å². The molecule has 2 N–H and O–H groups in total. The van der Waals surface area contributed by atoms with E-state index < -0.39 is 0 Å². The molecule has 2 heterocycles. The predicted octanol–water partition coefficient (Wildman–Crippen LogP) is 2.55. The number of rotatable bonds is 4. The molecule has 0 spiro atoms. The maximum absolute atomic E-state index is 12.5. The van der Waals surface area contributed by atoms with Crippen LogP contribution in [0, 0.1) is 5.92 Å². The van der Waals surface area contributed by atoms with Gasteiger partial charge in [-0.3, -0.25) is 0 Å². The molecule has 0 unspecified atom stereocenters. The van der Waals surface area contributed by atoms with Gasteiger partial charge in [0.25, 0.3) is 0 Å². The number of urea groups is 1. The SMILES string of the molecule is CC(C)[C@@H](NC(=O)N[C@@H]1CCCN(C)C1)c1ccc2c(c1)OCCO2. The lowest BCUT2D eigenvalue weighted by Gasteiger charge is -2.31. The number of nitrogens with one attached hydrogen (secondary N) is 2. The van der Waals surface area contributed by atoms with Crippen molar-refractivity contribution < 1.29 is 14.3 Å². The minimum atomic E-state index is -0.103. The number of fused-ring (bicyclic) bond motifs is 1. The average Bonchev–Trinajstić information content (AvgIpc) is 2.59. The first-order valence-corrected chi connectivity index (χ1v) is 9.18. The van der Waals surface area contributed by atoms with Gasteiger partial charge in [0.2, 0.25) is 0 Å². The molecular weight excluding hydrogens is 318 g/mol. The number of carbonyl (C=O) groups excluding carboxylic acids is 1. The van der Waals surface area contributed by atoms with Crippen molar-refractivity contribution in [2.24, 2.45) is 5.92 Å². The fraction of sp³-hybridized carbons (Fsp3) is 0.632. The highest BCUT2D eigenvalue weighted by Crippen LogP contribution is 2.34. The molecular formula is C19H29N3O3. The lowest BCUT2D eigenvalue weighted by atomic mass is 9.95. The van der Waals surface area contributed by atoms with E-state index >= 15 is 0 Å². The topological polar surface area (TPSA) is 62.8 Å². The van der Waals surface area contributed by atoms with Gasteiger partial charge in [-0.2, -0.15) is 0 Å². The molecule has 2 aliphatic heterocycles. The monoisotopic (exact) mass is 347 g/mol. The summed E-state index contributed by atoms with van der Waals surface area (Å²) in [6, 6.07) is 5.95. The van der Waals surface area contributed by atoms with Crippen molar-refractivity contribution in [1.29, 1.82) is 0 Å². The standard InChI is InChI=1S/C19H29N3O3/c1-13(2)18(14-6-7-16-17(11-14)25-10-9-24-16)21-19(23)20-15-5-4-8-22(3)12-15/h6-7,11,13,15,18H,4-5,8-10,12H2,1-3H3,(H2,20,21,23)/t15-,18-/m1/s1. The van der Waals surface area contributed by atoms with Gasteiger partial charge in [0.1, 0.15) is 13.2 Å². The van der Waals surface area contributed by atoms with Crippen LogP contribution < -0.4 is 20.1 Å². The lowest BCUT2D eigenvalue weighted by molar-refractivity contribution is 0.171. The number of amides is 2. The fourth-order valence-electron chi connectivity index (χ4n) is 3.54. The molecule has 0 saturated carbocycles. The van der Waals surface area contributed by atoms with Crippen molar-refractivity contribution in [1.82, 2.24) is 15.5 Å². The Bertz CT molecular complexity index is 606. The van der Waals surface area contributed by atoms with Gasteiger partial charge in [0.15, 0.2) is 11.5 Å². The van der Waals surface area contributed by atoms with E-state index in [1.807, 2.05) is 18.2 Å². The van der Waals surface area contributed by atoms with Crippen molar-refractivity contribution in [2.45, 2.75) is 38.8 Å². The summed E-state index contributed by atoms with van der Waals surface area (Å²) in [6.07, 6.45) is 2.16. The van der Waals surface area contributed by atoms with E-state index in [0.29, 0.717) is 13.2 Å². The Balaban J connectivity index is 1.65. The maximum Gasteiger partial charge on any atom is 0.315 e. The molecule has 0 aromatic heterocycles. The lowest BCUT2D eigenvalue weighted by Crippen LogP contribution is -2.50. The van der Waals surface area contributed by atoms with E-state index in [0.717, 1.165) is 43.0 Å². The molecule has 0 radical (unpaired) electrons. The van der Waals surface area contributed by atoms with Gasteiger partial charge in [0, 0.05) is 12.6 Å². The zero-order chi connectivity index (χ0) is 17.8. The summed E-state index contributed by atoms with van der Waals surface area (Å²) in [5, 5.41) is 6.26. The van der Waals surface area contributed by atoms with Crippen LogP contribution in [-0.4, -0.2) is 50.3 Å². The maximum atomic E-state index is 12.5. The third-order valence-electron chi connectivity index (χ3n) is 4.84. The minimum Gasteiger partial charge on any atom is -0.486 e. The van der Waals surface area contributed by atoms with E-state index in [2.05, 4.69) is 36.4 Å². The molecule has 0 bridgehead atoms. The summed E-state index contributed by atoms with van der Waals surface area (Å²) < 4.78 is 11.3. The Kier molecular flexibility index (Phi) is 5.68. The summed E-state index contributed by atoms with van der Waals surface area (Å²) in [5.41, 5.74) is 1.04. The second kappa shape index (κ2) is 7.95. The first kappa shape index (κ1) is 17.9. The van der Waals surface area contributed by atoms with Crippen LogP contribution in [0.4, 0.5) is 4.79 Å². The molecule has 25 heavy (non-hydrogen) atoms. The van der Waals surface area contributed by atoms with Crippen LogP contribution in [0.3, 0.4) is 0 Å². The van der Waals surface area contributed by atoms with Crippen LogP contribution in [-0.2, 0) is 0 Å². The minimum absolute atomic E-state index is 0.0721. The highest BCUT2D eigenvalue weighted by molar-refractivity contribution is 5.75. The Morgan fingerprint density at radius 3 is 2.72 bits per heavy atom. The summed E-state index contributed by atoms with van der Waals surface area (Å²) in [5.74, 6) is 1.79. The molecule has 138 valence electrons. The number of ether oxygens (including phenoxy) is 2. The third kappa shape index (κ3) is 4.57.